The van der Waals surface area contributed by atoms with Gasteiger partial charge in [-0.2, -0.15) is 0 Å². The summed E-state index contributed by atoms with van der Waals surface area (Å²) in [5.41, 5.74) is 1.25. The van der Waals surface area contributed by atoms with Crippen molar-refractivity contribution in [2.24, 2.45) is 5.92 Å². The van der Waals surface area contributed by atoms with Crippen molar-refractivity contribution in [1.29, 1.82) is 0 Å². The standard InChI is InChI=1S/C25H30FN3O4/c1-27-10-12-28(13-11-27)25(31)22-16-29(24(30)17-4-6-18(26)7-5-17)15-21(22)20-14-19(32-2)8-9-23(20)33-3/h4-9,14,21-22H,10-13,15-16H2,1-3H3. The van der Waals surface area contributed by atoms with Gasteiger partial charge in [0.2, 0.25) is 5.91 Å². The van der Waals surface area contributed by atoms with Gasteiger partial charge in [0.15, 0.2) is 0 Å². The minimum Gasteiger partial charge on any atom is -0.497 e. The van der Waals surface area contributed by atoms with Gasteiger partial charge < -0.3 is 24.2 Å². The molecule has 0 aliphatic carbocycles. The van der Waals surface area contributed by atoms with E-state index in [9.17, 15) is 14.0 Å². The quantitative estimate of drug-likeness (QED) is 0.693. The van der Waals surface area contributed by atoms with Crippen molar-refractivity contribution in [1.82, 2.24) is 14.7 Å². The average Bonchev–Trinajstić information content (AvgIpc) is 3.29. The van der Waals surface area contributed by atoms with E-state index in [0.29, 0.717) is 43.2 Å². The molecule has 2 atom stereocenters. The molecule has 0 radical (unpaired) electrons. The fraction of sp³-hybridized carbons (Fsp3) is 0.440. The molecule has 2 aliphatic heterocycles. The average molecular weight is 456 g/mol. The van der Waals surface area contributed by atoms with Crippen LogP contribution in [0.5, 0.6) is 11.5 Å². The Morgan fingerprint density at radius 3 is 2.24 bits per heavy atom. The second kappa shape index (κ2) is 9.79. The van der Waals surface area contributed by atoms with E-state index in [0.717, 1.165) is 18.7 Å². The van der Waals surface area contributed by atoms with Crippen molar-refractivity contribution < 1.29 is 23.5 Å². The van der Waals surface area contributed by atoms with E-state index < -0.39 is 11.7 Å². The van der Waals surface area contributed by atoms with E-state index in [1.54, 1.807) is 19.1 Å². The second-order valence-electron chi connectivity index (χ2n) is 8.67. The summed E-state index contributed by atoms with van der Waals surface area (Å²) >= 11 is 0. The minimum atomic E-state index is -0.404. The smallest absolute Gasteiger partial charge is 0.253 e. The van der Waals surface area contributed by atoms with E-state index in [1.165, 1.54) is 24.3 Å². The molecule has 0 N–H and O–H groups in total. The van der Waals surface area contributed by atoms with E-state index in [1.807, 2.05) is 30.1 Å². The van der Waals surface area contributed by atoms with Crippen molar-refractivity contribution >= 4 is 11.8 Å². The number of benzene rings is 2. The van der Waals surface area contributed by atoms with E-state index >= 15 is 0 Å². The first-order valence-electron chi connectivity index (χ1n) is 11.2. The zero-order chi connectivity index (χ0) is 23.5. The molecule has 2 aromatic rings. The Bertz CT molecular complexity index is 1010. The van der Waals surface area contributed by atoms with Crippen LogP contribution in [-0.4, -0.2) is 87.0 Å². The number of rotatable bonds is 5. The third-order valence-electron chi connectivity index (χ3n) is 6.67. The molecule has 0 spiro atoms. The lowest BCUT2D eigenvalue weighted by molar-refractivity contribution is -0.137. The maximum Gasteiger partial charge on any atom is 0.253 e. The van der Waals surface area contributed by atoms with Crippen LogP contribution in [0.1, 0.15) is 21.8 Å². The summed E-state index contributed by atoms with van der Waals surface area (Å²) in [5, 5.41) is 0. The molecule has 2 aromatic carbocycles. The molecule has 176 valence electrons. The van der Waals surface area contributed by atoms with Gasteiger partial charge in [-0.25, -0.2) is 4.39 Å². The number of carbonyl (C=O) groups is 2. The zero-order valence-electron chi connectivity index (χ0n) is 19.3. The van der Waals surface area contributed by atoms with Gasteiger partial charge in [0.05, 0.1) is 20.1 Å². The Hall–Kier alpha value is -3.13. The SMILES string of the molecule is COc1ccc(OC)c(C2CN(C(=O)c3ccc(F)cc3)CC2C(=O)N2CCN(C)CC2)c1. The highest BCUT2D eigenvalue weighted by Crippen LogP contribution is 2.40. The number of hydrogen-bond donors (Lipinski definition) is 0. The second-order valence-corrected chi connectivity index (χ2v) is 8.67. The predicted octanol–water partition coefficient (Wildman–Crippen LogP) is 2.47. The van der Waals surface area contributed by atoms with Gasteiger partial charge in [0.25, 0.3) is 5.91 Å². The summed E-state index contributed by atoms with van der Waals surface area (Å²) in [7, 11) is 5.24. The number of halogens is 1. The molecule has 2 saturated heterocycles. The highest BCUT2D eigenvalue weighted by atomic mass is 19.1. The Morgan fingerprint density at radius 1 is 0.909 bits per heavy atom. The molecule has 0 aromatic heterocycles. The normalized spacial score (nSPS) is 21.2. The van der Waals surface area contributed by atoms with Gasteiger partial charge in [-0.15, -0.1) is 0 Å². The number of amides is 2. The number of methoxy groups -OCH3 is 2. The van der Waals surface area contributed by atoms with Gasteiger partial charge in [0.1, 0.15) is 17.3 Å². The number of likely N-dealkylation sites (tertiary alicyclic amines) is 1. The summed E-state index contributed by atoms with van der Waals surface area (Å²) in [4.78, 5) is 32.6. The number of ether oxygens (including phenoxy) is 2. The van der Waals surface area contributed by atoms with Crippen LogP contribution in [0.3, 0.4) is 0 Å². The summed E-state index contributed by atoms with van der Waals surface area (Å²) < 4.78 is 24.4. The topological polar surface area (TPSA) is 62.3 Å². The third-order valence-corrected chi connectivity index (χ3v) is 6.67. The minimum absolute atomic E-state index is 0.0485. The number of nitrogens with zero attached hydrogens (tertiary/aromatic N) is 3. The molecule has 0 bridgehead atoms. The molecule has 0 saturated carbocycles. The summed E-state index contributed by atoms with van der Waals surface area (Å²) in [5.74, 6) is 0.122. The largest absolute Gasteiger partial charge is 0.497 e. The van der Waals surface area contributed by atoms with Gasteiger partial charge in [-0.1, -0.05) is 0 Å². The Kier molecular flexibility index (Phi) is 6.83. The Labute approximate surface area is 193 Å². The lowest BCUT2D eigenvalue weighted by Crippen LogP contribution is -2.50. The monoisotopic (exact) mass is 455 g/mol. The number of likely N-dealkylation sites (N-methyl/N-ethyl adjacent to an activating group) is 1. The van der Waals surface area contributed by atoms with E-state index in [-0.39, 0.29) is 17.7 Å². The van der Waals surface area contributed by atoms with Crippen LogP contribution >= 0.6 is 0 Å². The zero-order valence-corrected chi connectivity index (χ0v) is 19.3. The number of carbonyl (C=O) groups excluding carboxylic acids is 2. The first-order chi connectivity index (χ1) is 15.9. The molecule has 2 fully saturated rings. The highest BCUT2D eigenvalue weighted by Gasteiger charge is 2.43. The van der Waals surface area contributed by atoms with Crippen LogP contribution in [0.15, 0.2) is 42.5 Å². The van der Waals surface area contributed by atoms with E-state index in [4.69, 9.17) is 9.47 Å². The van der Waals surface area contributed by atoms with Gasteiger partial charge in [0, 0.05) is 56.3 Å². The molecule has 2 amide bonds. The van der Waals surface area contributed by atoms with Crippen LogP contribution in [0.4, 0.5) is 4.39 Å². The van der Waals surface area contributed by atoms with Crippen LogP contribution < -0.4 is 9.47 Å². The maximum absolute atomic E-state index is 13.6. The summed E-state index contributed by atoms with van der Waals surface area (Å²) in [6.07, 6.45) is 0. The summed E-state index contributed by atoms with van der Waals surface area (Å²) in [6, 6.07) is 11.0. The predicted molar refractivity (Wildman–Crippen MR) is 122 cm³/mol. The molecule has 2 aliphatic rings. The molecule has 4 rings (SSSR count). The van der Waals surface area contributed by atoms with E-state index in [2.05, 4.69) is 4.90 Å². The van der Waals surface area contributed by atoms with Crippen molar-refractivity contribution in [3.63, 3.8) is 0 Å². The van der Waals surface area contributed by atoms with Crippen LogP contribution in [-0.2, 0) is 4.79 Å². The molecule has 33 heavy (non-hydrogen) atoms. The molecular weight excluding hydrogens is 425 g/mol. The van der Waals surface area contributed by atoms with Crippen LogP contribution in [0, 0.1) is 11.7 Å². The fourth-order valence-corrected chi connectivity index (χ4v) is 4.70. The lowest BCUT2D eigenvalue weighted by atomic mass is 9.87. The molecular formula is C25H30FN3O4. The molecule has 2 heterocycles. The first-order valence-corrected chi connectivity index (χ1v) is 11.2. The maximum atomic E-state index is 13.6. The fourth-order valence-electron chi connectivity index (χ4n) is 4.70. The Morgan fingerprint density at radius 2 is 1.61 bits per heavy atom. The third kappa shape index (κ3) is 4.80. The highest BCUT2D eigenvalue weighted by molar-refractivity contribution is 5.95. The van der Waals surface area contributed by atoms with Crippen molar-refractivity contribution in [2.75, 3.05) is 60.5 Å². The summed E-state index contributed by atoms with van der Waals surface area (Å²) in [6.45, 7) is 3.64. The van der Waals surface area contributed by atoms with Gasteiger partial charge >= 0.3 is 0 Å². The Balaban J connectivity index is 1.66. The van der Waals surface area contributed by atoms with Crippen LogP contribution in [0.2, 0.25) is 0 Å². The first kappa shape index (κ1) is 23.0. The molecule has 2 unspecified atom stereocenters. The molecule has 7 nitrogen and oxygen atoms in total. The molecule has 8 heteroatoms. The van der Waals surface area contributed by atoms with Crippen molar-refractivity contribution in [2.45, 2.75) is 5.92 Å². The lowest BCUT2D eigenvalue weighted by Gasteiger charge is -2.35. The number of hydrogen-bond acceptors (Lipinski definition) is 5. The van der Waals surface area contributed by atoms with Gasteiger partial charge in [-0.05, 0) is 49.5 Å². The van der Waals surface area contributed by atoms with Crippen LogP contribution in [0.25, 0.3) is 0 Å². The van der Waals surface area contributed by atoms with Gasteiger partial charge in [-0.3, -0.25) is 9.59 Å². The van der Waals surface area contributed by atoms with Crippen molar-refractivity contribution in [3.05, 3.63) is 59.4 Å². The number of piperazine rings is 1. The van der Waals surface area contributed by atoms with Crippen molar-refractivity contribution in [3.8, 4) is 11.5 Å².